The van der Waals surface area contributed by atoms with Crippen LogP contribution in [0.3, 0.4) is 0 Å². The molecule has 0 aromatic heterocycles. The van der Waals surface area contributed by atoms with Gasteiger partial charge in [0.1, 0.15) is 5.57 Å². The van der Waals surface area contributed by atoms with E-state index in [9.17, 15) is 23.2 Å². The first-order chi connectivity index (χ1) is 11.5. The van der Waals surface area contributed by atoms with E-state index in [1.54, 1.807) is 0 Å². The van der Waals surface area contributed by atoms with Gasteiger partial charge in [-0.3, -0.25) is 4.79 Å². The lowest BCUT2D eigenvalue weighted by Crippen LogP contribution is -2.27. The number of carbonyl (C=O) groups excluding carboxylic acids is 3. The molecule has 0 heterocycles. The van der Waals surface area contributed by atoms with Crippen molar-refractivity contribution in [2.45, 2.75) is 25.7 Å². The van der Waals surface area contributed by atoms with Gasteiger partial charge in [-0.2, -0.15) is 0 Å². The zero-order valence-corrected chi connectivity index (χ0v) is 15.5. The number of hydrogen-bond donors (Lipinski definition) is 0. The van der Waals surface area contributed by atoms with Gasteiger partial charge in [0.15, 0.2) is 11.6 Å². The average molecular weight is 370 g/mol. The van der Waals surface area contributed by atoms with Gasteiger partial charge in [-0.05, 0) is 29.8 Å². The minimum Gasteiger partial charge on any atom is -0.465 e. The molecule has 0 N–H and O–H groups in total. The molecule has 0 aliphatic carbocycles. The maximum atomic E-state index is 13.3. The van der Waals surface area contributed by atoms with E-state index in [0.717, 1.165) is 31.4 Å². The third-order valence-electron chi connectivity index (χ3n) is 3.18. The minimum absolute atomic E-state index is 0.0301. The Morgan fingerprint density at radius 2 is 1.72 bits per heavy atom. The normalized spacial score (nSPS) is 11.8. The molecule has 0 aliphatic rings. The molecule has 0 amide bonds. The van der Waals surface area contributed by atoms with E-state index in [0.29, 0.717) is 6.04 Å². The highest BCUT2D eigenvalue weighted by Crippen LogP contribution is 2.14. The first kappa shape index (κ1) is 20.7. The molecule has 25 heavy (non-hydrogen) atoms. The van der Waals surface area contributed by atoms with Gasteiger partial charge in [-0.25, -0.2) is 18.4 Å². The first-order valence-electron chi connectivity index (χ1n) is 7.51. The number of benzene rings is 1. The van der Waals surface area contributed by atoms with Gasteiger partial charge in [0.05, 0.1) is 13.7 Å². The Morgan fingerprint density at radius 3 is 2.24 bits per heavy atom. The van der Waals surface area contributed by atoms with Crippen molar-refractivity contribution in [2.75, 3.05) is 13.7 Å². The number of rotatable bonds is 7. The van der Waals surface area contributed by atoms with Crippen molar-refractivity contribution in [3.05, 3.63) is 41.0 Å². The van der Waals surface area contributed by atoms with Crippen molar-refractivity contribution in [1.29, 1.82) is 0 Å². The lowest BCUT2D eigenvalue weighted by atomic mass is 10.1. The Kier molecular flexibility index (Phi) is 7.17. The first-order valence-corrected chi connectivity index (χ1v) is 11.2. The molecule has 0 saturated heterocycles. The predicted octanol–water partition coefficient (Wildman–Crippen LogP) is 2.97. The van der Waals surface area contributed by atoms with Crippen LogP contribution < -0.4 is 0 Å². The molecule has 1 aromatic carbocycles. The second-order valence-electron chi connectivity index (χ2n) is 6.50. The molecule has 0 fully saturated rings. The van der Waals surface area contributed by atoms with E-state index in [1.165, 1.54) is 0 Å². The van der Waals surface area contributed by atoms with Crippen molar-refractivity contribution >= 4 is 31.9 Å². The summed E-state index contributed by atoms with van der Waals surface area (Å²) in [4.78, 5) is 35.8. The Morgan fingerprint density at radius 1 is 1.08 bits per heavy atom. The largest absolute Gasteiger partial charge is 0.465 e. The molecule has 0 saturated carbocycles. The molecule has 1 rings (SSSR count). The molecule has 0 aliphatic heterocycles. The maximum Gasteiger partial charge on any atom is 0.379 e. The van der Waals surface area contributed by atoms with Gasteiger partial charge in [0.25, 0.3) is 5.78 Å². The summed E-state index contributed by atoms with van der Waals surface area (Å²) in [6.45, 7) is 6.29. The quantitative estimate of drug-likeness (QED) is 0.184. The van der Waals surface area contributed by atoms with Crippen molar-refractivity contribution in [3.8, 4) is 0 Å². The van der Waals surface area contributed by atoms with Crippen LogP contribution in [0, 0.1) is 11.6 Å². The van der Waals surface area contributed by atoms with Crippen molar-refractivity contribution in [3.63, 3.8) is 0 Å². The molecular formula is C17H20F2O5Si. The second-order valence-corrected chi connectivity index (χ2v) is 12.1. The molecule has 0 unspecified atom stereocenters. The number of carbonyl (C=O) groups is 3. The Hall–Kier alpha value is -2.35. The van der Waals surface area contributed by atoms with Crippen LogP contribution in [-0.2, 0) is 23.9 Å². The summed E-state index contributed by atoms with van der Waals surface area (Å²) in [5, 5.41) is 0. The molecular weight excluding hydrogens is 350 g/mol. The summed E-state index contributed by atoms with van der Waals surface area (Å²) < 4.78 is 35.6. The monoisotopic (exact) mass is 370 g/mol. The number of esters is 2. The van der Waals surface area contributed by atoms with Gasteiger partial charge in [-0.15, -0.1) is 0 Å². The molecule has 5 nitrogen and oxygen atoms in total. The Balaban J connectivity index is 2.99. The van der Waals surface area contributed by atoms with Crippen molar-refractivity contribution in [2.24, 2.45) is 0 Å². The lowest BCUT2D eigenvalue weighted by Gasteiger charge is -2.15. The van der Waals surface area contributed by atoms with Crippen LogP contribution in [0.4, 0.5) is 8.78 Å². The van der Waals surface area contributed by atoms with E-state index >= 15 is 0 Å². The number of ketones is 1. The molecule has 1 aromatic rings. The summed E-state index contributed by atoms with van der Waals surface area (Å²) in [6.07, 6.45) is 0.955. The number of ether oxygens (including phenoxy) is 2. The van der Waals surface area contributed by atoms with E-state index in [-0.39, 0.29) is 12.2 Å². The van der Waals surface area contributed by atoms with Crippen LogP contribution in [-0.4, -0.2) is 39.5 Å². The van der Waals surface area contributed by atoms with Gasteiger partial charge in [-0.1, -0.05) is 25.7 Å². The van der Waals surface area contributed by atoms with Crippen LogP contribution in [0.5, 0.6) is 0 Å². The molecule has 8 heteroatoms. The van der Waals surface area contributed by atoms with Crippen molar-refractivity contribution < 1.29 is 32.6 Å². The molecule has 0 atom stereocenters. The number of Topliss-reactive ketones (excluding diaryl/α,β-unsaturated/α-hetero) is 1. The Labute approximate surface area is 145 Å². The fourth-order valence-electron chi connectivity index (χ4n) is 1.72. The fraction of sp³-hybridized carbons (Fsp3) is 0.353. The van der Waals surface area contributed by atoms with Crippen molar-refractivity contribution in [1.82, 2.24) is 0 Å². The molecule has 0 spiro atoms. The number of methoxy groups -OCH3 is 1. The van der Waals surface area contributed by atoms with Gasteiger partial charge >= 0.3 is 11.9 Å². The SMILES string of the molecule is COC(=O)/C(=C/c1ccc(F)c(F)c1)C(=O)C(=O)OCC[Si](C)(C)C. The maximum absolute atomic E-state index is 13.3. The highest BCUT2D eigenvalue weighted by molar-refractivity contribution is 6.76. The molecule has 0 bridgehead atoms. The van der Waals surface area contributed by atoms with Crippen LogP contribution in [0.15, 0.2) is 23.8 Å². The summed E-state index contributed by atoms with van der Waals surface area (Å²) in [5.41, 5.74) is -0.589. The standard InChI is InChI=1S/C17H20F2O5Si/c1-23-16(21)12(9-11-5-6-13(18)14(19)10-11)15(20)17(22)24-7-8-25(2,3)4/h5-6,9-10H,7-8H2,1-4H3/b12-9+. The lowest BCUT2D eigenvalue weighted by molar-refractivity contribution is -0.153. The van der Waals surface area contributed by atoms with Crippen LogP contribution in [0.2, 0.25) is 25.7 Å². The third-order valence-corrected chi connectivity index (χ3v) is 4.88. The van der Waals surface area contributed by atoms with Gasteiger partial charge < -0.3 is 9.47 Å². The van der Waals surface area contributed by atoms with Gasteiger partial charge in [0, 0.05) is 8.07 Å². The van der Waals surface area contributed by atoms with Crippen LogP contribution in [0.1, 0.15) is 5.56 Å². The summed E-state index contributed by atoms with van der Waals surface area (Å²) >= 11 is 0. The zero-order chi connectivity index (χ0) is 19.2. The summed E-state index contributed by atoms with van der Waals surface area (Å²) in [7, 11) is -0.426. The fourth-order valence-corrected chi connectivity index (χ4v) is 2.44. The van der Waals surface area contributed by atoms with Gasteiger partial charge in [0.2, 0.25) is 0 Å². The topological polar surface area (TPSA) is 69.7 Å². The summed E-state index contributed by atoms with van der Waals surface area (Å²) in [6, 6.07) is 3.45. The minimum atomic E-state index is -1.46. The Bertz CT molecular complexity index is 707. The van der Waals surface area contributed by atoms with E-state index in [2.05, 4.69) is 24.4 Å². The van der Waals surface area contributed by atoms with E-state index in [1.807, 2.05) is 0 Å². The predicted molar refractivity (Wildman–Crippen MR) is 90.5 cm³/mol. The number of hydrogen-bond acceptors (Lipinski definition) is 5. The summed E-state index contributed by atoms with van der Waals surface area (Å²) in [5.74, 6) is -5.70. The zero-order valence-electron chi connectivity index (χ0n) is 14.5. The molecule has 136 valence electrons. The third kappa shape index (κ3) is 6.58. The highest BCUT2D eigenvalue weighted by atomic mass is 28.3. The van der Waals surface area contributed by atoms with Crippen LogP contribution >= 0.6 is 0 Å². The smallest absolute Gasteiger partial charge is 0.379 e. The average Bonchev–Trinajstić information content (AvgIpc) is 2.53. The van der Waals surface area contributed by atoms with Crippen LogP contribution in [0.25, 0.3) is 6.08 Å². The van der Waals surface area contributed by atoms with E-state index in [4.69, 9.17) is 4.74 Å². The second kappa shape index (κ2) is 8.66. The van der Waals surface area contributed by atoms with E-state index < -0.39 is 43.0 Å². The molecule has 0 radical (unpaired) electrons. The highest BCUT2D eigenvalue weighted by Gasteiger charge is 2.27. The number of halogens is 2.